The van der Waals surface area contributed by atoms with Crippen LogP contribution < -0.4 is 10.1 Å². The van der Waals surface area contributed by atoms with Gasteiger partial charge in [-0.3, -0.25) is 4.79 Å². The first-order valence-corrected chi connectivity index (χ1v) is 7.89. The van der Waals surface area contributed by atoms with Crippen molar-refractivity contribution >= 4 is 23.5 Å². The van der Waals surface area contributed by atoms with Crippen molar-refractivity contribution < 1.29 is 27.8 Å². The van der Waals surface area contributed by atoms with Crippen LogP contribution in [0.1, 0.15) is 15.9 Å². The highest BCUT2D eigenvalue weighted by atomic mass is 35.5. The molecule has 5 nitrogen and oxygen atoms in total. The number of hydrogen-bond donors (Lipinski definition) is 1. The Morgan fingerprint density at radius 3 is 2.42 bits per heavy atom. The third-order valence-corrected chi connectivity index (χ3v) is 3.92. The molecule has 0 heterocycles. The van der Waals surface area contributed by atoms with Crippen LogP contribution >= 0.6 is 11.6 Å². The zero-order valence-corrected chi connectivity index (χ0v) is 14.8. The van der Waals surface area contributed by atoms with Crippen LogP contribution in [0, 0.1) is 11.6 Å². The number of benzene rings is 2. The fourth-order valence-electron chi connectivity index (χ4n) is 2.29. The van der Waals surface area contributed by atoms with Gasteiger partial charge < -0.3 is 14.8 Å². The third-order valence-electron chi connectivity index (χ3n) is 3.63. The van der Waals surface area contributed by atoms with Crippen molar-refractivity contribution in [2.24, 2.45) is 0 Å². The van der Waals surface area contributed by atoms with Crippen molar-refractivity contribution in [1.82, 2.24) is 5.32 Å². The Morgan fingerprint density at radius 1 is 1.12 bits per heavy atom. The predicted molar refractivity (Wildman–Crippen MR) is 91.3 cm³/mol. The largest absolute Gasteiger partial charge is 0.495 e. The zero-order valence-electron chi connectivity index (χ0n) is 14.0. The molecule has 2 aromatic rings. The van der Waals surface area contributed by atoms with Gasteiger partial charge in [-0.1, -0.05) is 17.7 Å². The molecule has 8 heteroatoms. The molecule has 0 saturated carbocycles. The molecule has 1 atom stereocenters. The molecule has 0 radical (unpaired) electrons. The van der Waals surface area contributed by atoms with E-state index >= 15 is 0 Å². The molecule has 1 N–H and O–H groups in total. The molecule has 0 saturated heterocycles. The Kier molecular flexibility index (Phi) is 6.52. The average Bonchev–Trinajstić information content (AvgIpc) is 2.62. The van der Waals surface area contributed by atoms with Crippen molar-refractivity contribution in [2.75, 3.05) is 14.2 Å². The number of amides is 1. The van der Waals surface area contributed by atoms with Crippen LogP contribution in [0.2, 0.25) is 5.02 Å². The van der Waals surface area contributed by atoms with Crippen LogP contribution in [0.25, 0.3) is 0 Å². The van der Waals surface area contributed by atoms with Gasteiger partial charge >= 0.3 is 5.97 Å². The van der Waals surface area contributed by atoms with Gasteiger partial charge in [-0.05, 0) is 35.9 Å². The maximum atomic E-state index is 13.3. The highest BCUT2D eigenvalue weighted by Gasteiger charge is 2.23. The molecule has 2 aromatic carbocycles. The summed E-state index contributed by atoms with van der Waals surface area (Å²) < 4.78 is 36.0. The minimum Gasteiger partial charge on any atom is -0.495 e. The lowest BCUT2D eigenvalue weighted by Crippen LogP contribution is -2.43. The van der Waals surface area contributed by atoms with E-state index in [2.05, 4.69) is 5.32 Å². The van der Waals surface area contributed by atoms with E-state index < -0.39 is 29.6 Å². The summed E-state index contributed by atoms with van der Waals surface area (Å²) in [6.07, 6.45) is 0.0891. The van der Waals surface area contributed by atoms with E-state index in [4.69, 9.17) is 21.1 Å². The van der Waals surface area contributed by atoms with E-state index in [1.54, 1.807) is 18.2 Å². The molecule has 1 amide bonds. The van der Waals surface area contributed by atoms with Crippen molar-refractivity contribution in [3.8, 4) is 5.75 Å². The summed E-state index contributed by atoms with van der Waals surface area (Å²) in [4.78, 5) is 24.2. The molecular formula is C18H16ClF2NO4. The Labute approximate surface area is 153 Å². The van der Waals surface area contributed by atoms with Crippen molar-refractivity contribution in [1.29, 1.82) is 0 Å². The molecule has 138 valence electrons. The molecule has 0 aliphatic heterocycles. The SMILES string of the molecule is COC(=O)[C@@H](Cc1ccc(OC)c(Cl)c1)NC(=O)c1ccc(F)c(F)c1. The monoisotopic (exact) mass is 383 g/mol. The number of nitrogens with one attached hydrogen (secondary N) is 1. The first-order valence-electron chi connectivity index (χ1n) is 7.52. The maximum Gasteiger partial charge on any atom is 0.328 e. The number of carbonyl (C=O) groups excluding carboxylic acids is 2. The standard InChI is InChI=1S/C18H16ClF2NO4/c1-25-16-6-3-10(7-12(16)19)8-15(18(24)26-2)22-17(23)11-4-5-13(20)14(21)9-11/h3-7,9,15H,8H2,1-2H3,(H,22,23)/t15-/m1/s1. The van der Waals surface area contributed by atoms with Crippen LogP contribution in [0.5, 0.6) is 5.75 Å². The fourth-order valence-corrected chi connectivity index (χ4v) is 2.57. The number of carbonyl (C=O) groups is 2. The summed E-state index contributed by atoms with van der Waals surface area (Å²) in [5, 5.41) is 2.80. The van der Waals surface area contributed by atoms with Gasteiger partial charge in [0.15, 0.2) is 11.6 Å². The van der Waals surface area contributed by atoms with Crippen LogP contribution in [-0.2, 0) is 16.0 Å². The van der Waals surface area contributed by atoms with Gasteiger partial charge in [0.2, 0.25) is 0 Å². The first kappa shape index (κ1) is 19.7. The number of ether oxygens (including phenoxy) is 2. The Bertz CT molecular complexity index is 829. The summed E-state index contributed by atoms with van der Waals surface area (Å²) in [5.74, 6) is -3.18. The van der Waals surface area contributed by atoms with Gasteiger partial charge in [0, 0.05) is 12.0 Å². The highest BCUT2D eigenvalue weighted by Crippen LogP contribution is 2.25. The van der Waals surface area contributed by atoms with Gasteiger partial charge in [-0.15, -0.1) is 0 Å². The Balaban J connectivity index is 2.19. The van der Waals surface area contributed by atoms with E-state index in [1.807, 2.05) is 0 Å². The Morgan fingerprint density at radius 2 is 1.85 bits per heavy atom. The van der Waals surface area contributed by atoms with Gasteiger partial charge in [-0.2, -0.15) is 0 Å². The summed E-state index contributed by atoms with van der Waals surface area (Å²) >= 11 is 6.05. The van der Waals surface area contributed by atoms with Crippen molar-refractivity contribution in [2.45, 2.75) is 12.5 Å². The minimum atomic E-state index is -1.16. The second-order valence-corrected chi connectivity index (χ2v) is 5.76. The summed E-state index contributed by atoms with van der Waals surface area (Å²) in [5.41, 5.74) is 0.530. The third kappa shape index (κ3) is 4.70. The van der Waals surface area contributed by atoms with Crippen LogP contribution in [-0.4, -0.2) is 32.1 Å². The van der Waals surface area contributed by atoms with Crippen LogP contribution in [0.3, 0.4) is 0 Å². The molecule has 0 aliphatic rings. The quantitative estimate of drug-likeness (QED) is 0.778. The van der Waals surface area contributed by atoms with Gasteiger partial charge in [0.1, 0.15) is 11.8 Å². The zero-order chi connectivity index (χ0) is 19.3. The van der Waals surface area contributed by atoms with E-state index in [-0.39, 0.29) is 12.0 Å². The smallest absolute Gasteiger partial charge is 0.328 e. The second kappa shape index (κ2) is 8.62. The van der Waals surface area contributed by atoms with Crippen molar-refractivity contribution in [3.05, 3.63) is 64.2 Å². The molecule has 2 rings (SSSR count). The highest BCUT2D eigenvalue weighted by molar-refractivity contribution is 6.32. The molecule has 0 unspecified atom stereocenters. The van der Waals surface area contributed by atoms with E-state index in [0.717, 1.165) is 18.2 Å². The van der Waals surface area contributed by atoms with Crippen LogP contribution in [0.4, 0.5) is 8.78 Å². The maximum absolute atomic E-state index is 13.3. The van der Waals surface area contributed by atoms with Crippen molar-refractivity contribution in [3.63, 3.8) is 0 Å². The minimum absolute atomic E-state index is 0.0891. The van der Waals surface area contributed by atoms with E-state index in [0.29, 0.717) is 16.3 Å². The Hall–Kier alpha value is -2.67. The number of esters is 1. The van der Waals surface area contributed by atoms with E-state index in [9.17, 15) is 18.4 Å². The number of methoxy groups -OCH3 is 2. The van der Waals surface area contributed by atoms with E-state index in [1.165, 1.54) is 14.2 Å². The molecule has 0 aliphatic carbocycles. The fraction of sp³-hybridized carbons (Fsp3) is 0.222. The van der Waals surface area contributed by atoms with Gasteiger partial charge in [0.05, 0.1) is 19.2 Å². The molecule has 26 heavy (non-hydrogen) atoms. The topological polar surface area (TPSA) is 64.6 Å². The number of halogens is 3. The van der Waals surface area contributed by atoms with Gasteiger partial charge in [0.25, 0.3) is 5.91 Å². The predicted octanol–water partition coefficient (Wildman–Crippen LogP) is 3.14. The molecular weight excluding hydrogens is 368 g/mol. The summed E-state index contributed by atoms with van der Waals surface area (Å²) in [6.45, 7) is 0. The molecule has 0 spiro atoms. The summed E-state index contributed by atoms with van der Waals surface area (Å²) in [6, 6.07) is 6.58. The van der Waals surface area contributed by atoms with Crippen LogP contribution in [0.15, 0.2) is 36.4 Å². The first-order chi connectivity index (χ1) is 12.3. The lowest BCUT2D eigenvalue weighted by atomic mass is 10.0. The number of rotatable bonds is 6. The normalized spacial score (nSPS) is 11.6. The average molecular weight is 384 g/mol. The number of hydrogen-bond acceptors (Lipinski definition) is 4. The lowest BCUT2D eigenvalue weighted by molar-refractivity contribution is -0.142. The molecule has 0 bridgehead atoms. The molecule has 0 fully saturated rings. The molecule has 0 aromatic heterocycles. The second-order valence-electron chi connectivity index (χ2n) is 5.35. The summed E-state index contributed by atoms with van der Waals surface area (Å²) in [7, 11) is 2.65. The lowest BCUT2D eigenvalue weighted by Gasteiger charge is -2.17. The van der Waals surface area contributed by atoms with Gasteiger partial charge in [-0.25, -0.2) is 13.6 Å².